The van der Waals surface area contributed by atoms with Crippen molar-refractivity contribution in [2.24, 2.45) is 0 Å². The van der Waals surface area contributed by atoms with Gasteiger partial charge in [-0.1, -0.05) is 175 Å². The predicted molar refractivity (Wildman–Crippen MR) is 346 cm³/mol. The molecular weight excluding hydrogens is 986 g/mol. The lowest BCUT2D eigenvalue weighted by Crippen LogP contribution is -2.62. The number of fused-ring (bicyclic) bond motifs is 13. The smallest absolute Gasteiger partial charge is 0.252 e. The lowest BCUT2D eigenvalue weighted by atomic mass is 9.33. The summed E-state index contributed by atoms with van der Waals surface area (Å²) in [6.45, 7) is 36.8. The number of hydrogen-bond acceptors (Lipinski definition) is 4. The van der Waals surface area contributed by atoms with Gasteiger partial charge in [-0.2, -0.15) is 0 Å². The van der Waals surface area contributed by atoms with E-state index in [9.17, 15) is 0 Å². The Kier molecular flexibility index (Phi) is 10.2. The first-order valence-electron chi connectivity index (χ1n) is 30.0. The number of anilines is 8. The largest absolute Gasteiger partial charge is 0.334 e. The molecule has 1 saturated carbocycles. The quantitative estimate of drug-likeness (QED) is 0.163. The molecule has 1 fully saturated rings. The summed E-state index contributed by atoms with van der Waals surface area (Å²) in [4.78, 5) is 8.25. The highest BCUT2D eigenvalue weighted by atomic mass is 32.1. The van der Waals surface area contributed by atoms with E-state index in [-0.39, 0.29) is 44.7 Å². The molecule has 0 spiro atoms. The van der Waals surface area contributed by atoms with E-state index in [0.29, 0.717) is 0 Å². The van der Waals surface area contributed by atoms with Crippen LogP contribution in [0.5, 0.6) is 0 Å². The molecule has 1 aromatic heterocycles. The van der Waals surface area contributed by atoms with Crippen molar-refractivity contribution in [3.8, 4) is 0 Å². The second-order valence-electron chi connectivity index (χ2n) is 29.4. The summed E-state index contributed by atoms with van der Waals surface area (Å²) in [5.41, 5.74) is 28.4. The van der Waals surface area contributed by atoms with Gasteiger partial charge in [0.2, 0.25) is 0 Å². The van der Waals surface area contributed by atoms with Crippen LogP contribution in [0.2, 0.25) is 0 Å². The normalized spacial score (nSPS) is 22.1. The highest BCUT2D eigenvalue weighted by molar-refractivity contribution is 7.25. The molecule has 2 unspecified atom stereocenters. The van der Waals surface area contributed by atoms with E-state index in [4.69, 9.17) is 0 Å². The van der Waals surface area contributed by atoms with Crippen molar-refractivity contribution in [1.29, 1.82) is 0 Å². The van der Waals surface area contributed by atoms with Crippen molar-refractivity contribution < 1.29 is 0 Å². The van der Waals surface area contributed by atoms with Crippen molar-refractivity contribution in [3.05, 3.63) is 195 Å². The van der Waals surface area contributed by atoms with Gasteiger partial charge in [-0.3, -0.25) is 0 Å². The van der Waals surface area contributed by atoms with Crippen molar-refractivity contribution in [1.82, 2.24) is 0 Å². The number of thiophene rings is 1. The Balaban J connectivity index is 1.04. The molecule has 0 bridgehead atoms. The Morgan fingerprint density at radius 1 is 0.463 bits per heavy atom. The fourth-order valence-electron chi connectivity index (χ4n) is 17.5. The first-order valence-corrected chi connectivity index (χ1v) is 30.9. The Morgan fingerprint density at radius 3 is 1.80 bits per heavy atom. The number of aryl methyl sites for hydroxylation is 2. The molecule has 9 aromatic rings. The van der Waals surface area contributed by atoms with Crippen LogP contribution < -0.4 is 31.1 Å². The average molecular weight is 1060 g/mol. The number of nitrogens with zero attached hydrogens (tertiary/aromatic N) is 3. The van der Waals surface area contributed by atoms with E-state index in [1.54, 1.807) is 0 Å². The summed E-state index contributed by atoms with van der Waals surface area (Å²) in [5.74, 6) is 0. The van der Waals surface area contributed by atoms with Crippen molar-refractivity contribution >= 4 is 100 Å². The van der Waals surface area contributed by atoms with Gasteiger partial charge in [0.1, 0.15) is 0 Å². The molecule has 0 radical (unpaired) electrons. The average Bonchev–Trinajstić information content (AvgIpc) is 4.12. The zero-order valence-corrected chi connectivity index (χ0v) is 51.0. The van der Waals surface area contributed by atoms with Crippen LogP contribution in [0.25, 0.3) is 20.2 Å². The number of benzene rings is 8. The number of rotatable bonds is 3. The van der Waals surface area contributed by atoms with Crippen LogP contribution in [-0.2, 0) is 32.5 Å². The standard InChI is InChI=1S/C75H78BN3S/c1-44-34-64-68-65(35-44)78(61-41-54-53(36-45(61)2)70(6,7)43-71(54,8)9)63-42-56-55(72(10,11)51-23-17-18-24-52(51)73(56,12)13)40-59(63)76(68)58-30-28-48(38-62(58)77(64)47-27-29-50-49-22-16-19-25-66(49)80-67(50)39-47)79-60-31-26-46(69(3,4)5)37-57(60)74(14)32-20-21-33-75(74,79)15/h16-19,22-31,34-42H,20-21,32-33,43H2,1-15H3. The second kappa shape index (κ2) is 16.1. The topological polar surface area (TPSA) is 9.72 Å². The van der Waals surface area contributed by atoms with Crippen molar-refractivity contribution in [2.45, 2.75) is 174 Å². The fourth-order valence-corrected chi connectivity index (χ4v) is 18.7. The van der Waals surface area contributed by atoms with Gasteiger partial charge in [0, 0.05) is 81.9 Å². The van der Waals surface area contributed by atoms with Gasteiger partial charge in [0.25, 0.3) is 6.71 Å². The first-order chi connectivity index (χ1) is 37.8. The van der Waals surface area contributed by atoms with Crippen LogP contribution in [0.3, 0.4) is 0 Å². The van der Waals surface area contributed by atoms with Gasteiger partial charge in [0.15, 0.2) is 0 Å². The molecule has 402 valence electrons. The van der Waals surface area contributed by atoms with Crippen LogP contribution in [0.4, 0.5) is 45.5 Å². The lowest BCUT2D eigenvalue weighted by molar-refractivity contribution is 0.195. The van der Waals surface area contributed by atoms with Gasteiger partial charge in [-0.25, -0.2) is 0 Å². The van der Waals surface area contributed by atoms with Crippen LogP contribution in [0, 0.1) is 13.8 Å². The fraction of sp³-hybridized carbons (Fsp3) is 0.360. The summed E-state index contributed by atoms with van der Waals surface area (Å²) in [5, 5.41) is 2.66. The molecule has 3 nitrogen and oxygen atoms in total. The molecule has 80 heavy (non-hydrogen) atoms. The van der Waals surface area contributed by atoms with Crippen LogP contribution >= 0.6 is 11.3 Å². The molecule has 8 aromatic carbocycles. The highest BCUT2D eigenvalue weighted by Gasteiger charge is 2.58. The third-order valence-corrected chi connectivity index (χ3v) is 22.9. The SMILES string of the molecule is Cc1cc2c3c(c1)N(c1cc4c(cc1C)C(C)(C)CC4(C)C)c1cc4c(cc1B3c1ccc(N3c5ccc(C(C)(C)C)cc5C5(C)CCCCC35C)cc1N2c1ccc2c(c1)sc1ccccc12)C(C)(C)c1ccccc1C4(C)C. The minimum atomic E-state index is -0.220. The van der Waals surface area contributed by atoms with E-state index < -0.39 is 0 Å². The molecule has 3 aliphatic heterocycles. The van der Waals surface area contributed by atoms with E-state index in [1.165, 1.54) is 157 Å². The van der Waals surface area contributed by atoms with E-state index in [0.717, 1.165) is 12.8 Å². The zero-order valence-electron chi connectivity index (χ0n) is 50.1. The summed E-state index contributed by atoms with van der Waals surface area (Å²) in [7, 11) is 0. The molecule has 5 heteroatoms. The third-order valence-electron chi connectivity index (χ3n) is 21.7. The van der Waals surface area contributed by atoms with E-state index in [1.807, 2.05) is 11.3 Å². The minimum absolute atomic E-state index is 0.00692. The Morgan fingerprint density at radius 2 is 1.07 bits per heavy atom. The minimum Gasteiger partial charge on any atom is -0.334 e. The monoisotopic (exact) mass is 1060 g/mol. The van der Waals surface area contributed by atoms with Crippen molar-refractivity contribution in [2.75, 3.05) is 14.7 Å². The Labute approximate surface area is 481 Å². The highest BCUT2D eigenvalue weighted by Crippen LogP contribution is 2.62. The van der Waals surface area contributed by atoms with Crippen LogP contribution in [0.15, 0.2) is 140 Å². The van der Waals surface area contributed by atoms with E-state index >= 15 is 0 Å². The molecular formula is C75H78BN3S. The van der Waals surface area contributed by atoms with Gasteiger partial charge >= 0.3 is 0 Å². The molecule has 0 saturated heterocycles. The maximum absolute atomic E-state index is 2.81. The Bertz CT molecular complexity index is 4200. The van der Waals surface area contributed by atoms with Crippen LogP contribution in [-0.4, -0.2) is 12.3 Å². The lowest BCUT2D eigenvalue weighted by Gasteiger charge is -2.51. The molecule has 0 N–H and O–H groups in total. The first kappa shape index (κ1) is 50.4. The third kappa shape index (κ3) is 6.56. The predicted octanol–water partition coefficient (Wildman–Crippen LogP) is 18.7. The zero-order chi connectivity index (χ0) is 55.7. The van der Waals surface area contributed by atoms with Gasteiger partial charge < -0.3 is 14.7 Å². The van der Waals surface area contributed by atoms with Crippen molar-refractivity contribution in [3.63, 3.8) is 0 Å². The van der Waals surface area contributed by atoms with Gasteiger partial charge in [0.05, 0.1) is 5.54 Å². The molecule has 3 aliphatic carbocycles. The summed E-state index contributed by atoms with van der Waals surface area (Å²) in [6.07, 6.45) is 5.97. The van der Waals surface area contributed by atoms with Gasteiger partial charge in [-0.15, -0.1) is 11.3 Å². The molecule has 15 rings (SSSR count). The summed E-state index contributed by atoms with van der Waals surface area (Å²) >= 11 is 1.92. The maximum atomic E-state index is 2.81. The summed E-state index contributed by atoms with van der Waals surface area (Å²) < 4.78 is 2.65. The van der Waals surface area contributed by atoms with E-state index in [2.05, 4.69) is 258 Å². The molecule has 4 heterocycles. The maximum Gasteiger partial charge on any atom is 0.252 e. The molecule has 0 amide bonds. The summed E-state index contributed by atoms with van der Waals surface area (Å²) in [6, 6.07) is 56.5. The Hall–Kier alpha value is -6.56. The second-order valence-corrected chi connectivity index (χ2v) is 30.4. The number of hydrogen-bond donors (Lipinski definition) is 0. The molecule has 2 atom stereocenters. The van der Waals surface area contributed by atoms with Gasteiger partial charge in [-0.05, 0) is 189 Å². The van der Waals surface area contributed by atoms with Crippen LogP contribution in [0.1, 0.15) is 178 Å². The molecule has 6 aliphatic rings.